The Morgan fingerprint density at radius 2 is 1.91 bits per heavy atom. The van der Waals surface area contributed by atoms with Crippen molar-refractivity contribution in [3.63, 3.8) is 0 Å². The number of benzene rings is 1. The van der Waals surface area contributed by atoms with Crippen LogP contribution >= 0.6 is 31.9 Å². The Morgan fingerprint density at radius 3 is 2.52 bits per heavy atom. The molecule has 2 saturated carbocycles. The maximum absolute atomic E-state index is 10.7. The van der Waals surface area contributed by atoms with E-state index in [0.29, 0.717) is 17.9 Å². The summed E-state index contributed by atoms with van der Waals surface area (Å²) >= 11 is 7.06. The first-order valence-electron chi connectivity index (χ1n) is 8.61. The van der Waals surface area contributed by atoms with Gasteiger partial charge in [-0.15, -0.1) is 0 Å². The van der Waals surface area contributed by atoms with Gasteiger partial charge in [0.1, 0.15) is 0 Å². The van der Waals surface area contributed by atoms with Crippen LogP contribution in [0.15, 0.2) is 21.1 Å². The minimum atomic E-state index is -0.439. The summed E-state index contributed by atoms with van der Waals surface area (Å²) in [5.74, 6) is 1.17. The summed E-state index contributed by atoms with van der Waals surface area (Å²) in [5, 5.41) is 14.5. The molecule has 2 aliphatic rings. The molecule has 2 fully saturated rings. The number of hydrogen-bond donors (Lipinski definition) is 3. The third-order valence-corrected chi connectivity index (χ3v) is 6.93. The van der Waals surface area contributed by atoms with Gasteiger partial charge in [0.25, 0.3) is 0 Å². The van der Waals surface area contributed by atoms with Crippen LogP contribution in [0.5, 0.6) is 0 Å². The second-order valence-electron chi connectivity index (χ2n) is 7.30. The van der Waals surface area contributed by atoms with Crippen molar-refractivity contribution in [3.05, 3.63) is 26.6 Å². The van der Waals surface area contributed by atoms with Gasteiger partial charge in [0.15, 0.2) is 0 Å². The van der Waals surface area contributed by atoms with Crippen molar-refractivity contribution in [2.24, 2.45) is 11.8 Å². The standard InChI is InChI=1S/C18H26Br2N2O/c1-2-18(23)8-11-4-3-5-12(9-18)17(11)22-10-13-6-14(19)7-15(20)16(13)21/h6-7,11-12,17,22-23H,2-5,8-10,21H2,1H3. The van der Waals surface area contributed by atoms with Crippen LogP contribution < -0.4 is 11.1 Å². The van der Waals surface area contributed by atoms with Crippen molar-refractivity contribution in [1.82, 2.24) is 5.32 Å². The van der Waals surface area contributed by atoms with E-state index < -0.39 is 5.60 Å². The van der Waals surface area contributed by atoms with Gasteiger partial charge in [-0.2, -0.15) is 0 Å². The maximum atomic E-state index is 10.7. The third-order valence-electron chi connectivity index (χ3n) is 5.82. The van der Waals surface area contributed by atoms with Crippen LogP contribution in [0.2, 0.25) is 0 Å². The molecule has 23 heavy (non-hydrogen) atoms. The molecule has 2 aliphatic carbocycles. The van der Waals surface area contributed by atoms with Crippen molar-refractivity contribution in [1.29, 1.82) is 0 Å². The first-order chi connectivity index (χ1) is 10.9. The van der Waals surface area contributed by atoms with E-state index in [1.54, 1.807) is 0 Å². The minimum absolute atomic E-state index is 0.439. The second-order valence-corrected chi connectivity index (χ2v) is 9.07. The zero-order valence-corrected chi connectivity index (χ0v) is 16.8. The molecule has 1 aromatic carbocycles. The molecule has 0 amide bonds. The fourth-order valence-corrected chi connectivity index (χ4v) is 5.85. The van der Waals surface area contributed by atoms with E-state index in [2.05, 4.69) is 50.2 Å². The SMILES string of the molecule is CCC1(O)CC2CCCC(C1)C2NCc1cc(Br)cc(Br)c1N. The third kappa shape index (κ3) is 3.78. The predicted molar refractivity (Wildman–Crippen MR) is 102 cm³/mol. The highest BCUT2D eigenvalue weighted by molar-refractivity contribution is 9.11. The minimum Gasteiger partial charge on any atom is -0.398 e. The van der Waals surface area contributed by atoms with Gasteiger partial charge in [0.05, 0.1) is 11.3 Å². The fourth-order valence-electron chi connectivity index (χ4n) is 4.54. The topological polar surface area (TPSA) is 58.3 Å². The number of fused-ring (bicyclic) bond motifs is 2. The summed E-state index contributed by atoms with van der Waals surface area (Å²) in [6, 6.07) is 4.58. The average molecular weight is 446 g/mol. The van der Waals surface area contributed by atoms with Crippen LogP contribution in [0.3, 0.4) is 0 Å². The molecule has 0 spiro atoms. The molecule has 3 rings (SSSR count). The number of nitrogens with one attached hydrogen (secondary N) is 1. The zero-order valence-electron chi connectivity index (χ0n) is 13.6. The van der Waals surface area contributed by atoms with Crippen LogP contribution in [-0.4, -0.2) is 16.7 Å². The molecule has 2 atom stereocenters. The average Bonchev–Trinajstić information content (AvgIpc) is 2.49. The molecule has 128 valence electrons. The number of rotatable bonds is 4. The molecule has 2 unspecified atom stereocenters. The molecule has 1 aromatic rings. The fraction of sp³-hybridized carbons (Fsp3) is 0.667. The van der Waals surface area contributed by atoms with Crippen LogP contribution in [0, 0.1) is 11.8 Å². The Kier molecular flexibility index (Phi) is 5.41. The first-order valence-corrected chi connectivity index (χ1v) is 10.2. The lowest BCUT2D eigenvalue weighted by Crippen LogP contribution is -2.54. The molecule has 3 nitrogen and oxygen atoms in total. The van der Waals surface area contributed by atoms with Crippen molar-refractivity contribution in [3.8, 4) is 0 Å². The van der Waals surface area contributed by atoms with Gasteiger partial charge in [-0.3, -0.25) is 0 Å². The number of aliphatic hydroxyl groups is 1. The smallest absolute Gasteiger partial charge is 0.0651 e. The number of nitrogen functional groups attached to an aromatic ring is 1. The second kappa shape index (κ2) is 7.03. The van der Waals surface area contributed by atoms with Crippen molar-refractivity contribution in [2.45, 2.75) is 63.6 Å². The lowest BCUT2D eigenvalue weighted by molar-refractivity contribution is -0.0699. The Labute approximate surface area is 155 Å². The Morgan fingerprint density at radius 1 is 1.26 bits per heavy atom. The van der Waals surface area contributed by atoms with Crippen LogP contribution in [0.1, 0.15) is 51.0 Å². The van der Waals surface area contributed by atoms with E-state index in [1.165, 1.54) is 19.3 Å². The Hall–Kier alpha value is -0.100. The quantitative estimate of drug-likeness (QED) is 0.593. The van der Waals surface area contributed by atoms with Gasteiger partial charge >= 0.3 is 0 Å². The van der Waals surface area contributed by atoms with Crippen molar-refractivity contribution < 1.29 is 5.11 Å². The normalized spacial score (nSPS) is 33.7. The summed E-state index contributed by atoms with van der Waals surface area (Å²) in [6.07, 6.45) is 6.52. The molecule has 0 heterocycles. The predicted octanol–water partition coefficient (Wildman–Crippen LogP) is 4.60. The number of nitrogens with two attached hydrogens (primary N) is 1. The van der Waals surface area contributed by atoms with Crippen LogP contribution in [0.4, 0.5) is 5.69 Å². The van der Waals surface area contributed by atoms with Crippen molar-refractivity contribution >= 4 is 37.5 Å². The van der Waals surface area contributed by atoms with E-state index in [4.69, 9.17) is 5.73 Å². The molecule has 0 saturated heterocycles. The zero-order chi connectivity index (χ0) is 16.6. The molecular formula is C18H26Br2N2O. The highest BCUT2D eigenvalue weighted by Gasteiger charge is 2.45. The summed E-state index contributed by atoms with van der Waals surface area (Å²) in [4.78, 5) is 0. The Balaban J connectivity index is 1.71. The lowest BCUT2D eigenvalue weighted by atomic mass is 9.62. The molecule has 0 aliphatic heterocycles. The highest BCUT2D eigenvalue weighted by atomic mass is 79.9. The summed E-state index contributed by atoms with van der Waals surface area (Å²) in [5.41, 5.74) is 7.70. The van der Waals surface area contributed by atoms with E-state index >= 15 is 0 Å². The maximum Gasteiger partial charge on any atom is 0.0651 e. The summed E-state index contributed by atoms with van der Waals surface area (Å²) in [6.45, 7) is 2.90. The molecule has 4 N–H and O–H groups in total. The molecule has 0 aromatic heterocycles. The molecule has 2 bridgehead atoms. The van der Waals surface area contributed by atoms with E-state index in [-0.39, 0.29) is 0 Å². The number of anilines is 1. The highest BCUT2D eigenvalue weighted by Crippen LogP contribution is 2.46. The van der Waals surface area contributed by atoms with E-state index in [1.807, 2.05) is 6.07 Å². The number of hydrogen-bond acceptors (Lipinski definition) is 3. The van der Waals surface area contributed by atoms with Crippen LogP contribution in [-0.2, 0) is 6.54 Å². The Bertz CT molecular complexity index is 564. The van der Waals surface area contributed by atoms with E-state index in [9.17, 15) is 5.11 Å². The molecular weight excluding hydrogens is 420 g/mol. The van der Waals surface area contributed by atoms with Gasteiger partial charge in [0, 0.05) is 21.5 Å². The summed E-state index contributed by atoms with van der Waals surface area (Å²) < 4.78 is 1.98. The number of halogens is 2. The van der Waals surface area contributed by atoms with Gasteiger partial charge < -0.3 is 16.2 Å². The van der Waals surface area contributed by atoms with Crippen molar-refractivity contribution in [2.75, 3.05) is 5.73 Å². The largest absolute Gasteiger partial charge is 0.398 e. The van der Waals surface area contributed by atoms with E-state index in [0.717, 1.165) is 46.0 Å². The van der Waals surface area contributed by atoms with Gasteiger partial charge in [-0.05, 0) is 77.6 Å². The van der Waals surface area contributed by atoms with Gasteiger partial charge in [0.2, 0.25) is 0 Å². The van der Waals surface area contributed by atoms with Crippen LogP contribution in [0.25, 0.3) is 0 Å². The first kappa shape index (κ1) is 17.7. The summed E-state index contributed by atoms with van der Waals surface area (Å²) in [7, 11) is 0. The molecule has 5 heteroatoms. The van der Waals surface area contributed by atoms with Gasteiger partial charge in [-0.1, -0.05) is 29.3 Å². The lowest BCUT2D eigenvalue weighted by Gasteiger charge is -2.50. The molecule has 0 radical (unpaired) electrons. The monoisotopic (exact) mass is 444 g/mol. The van der Waals surface area contributed by atoms with Gasteiger partial charge in [-0.25, -0.2) is 0 Å².